The Morgan fingerprint density at radius 3 is 2.73 bits per heavy atom. The Morgan fingerprint density at radius 1 is 1.15 bits per heavy atom. The topological polar surface area (TPSA) is 51.2 Å². The Balaban J connectivity index is 1.69. The number of hydrogen-bond donors (Lipinski definition) is 1. The molecule has 2 aromatic carbocycles. The first-order valence-corrected chi connectivity index (χ1v) is 9.53. The lowest BCUT2D eigenvalue weighted by molar-refractivity contribution is 0.0951. The van der Waals surface area contributed by atoms with Crippen molar-refractivity contribution in [2.24, 2.45) is 0 Å². The molecule has 1 amide bonds. The highest BCUT2D eigenvalue weighted by Crippen LogP contribution is 2.25. The summed E-state index contributed by atoms with van der Waals surface area (Å²) >= 11 is 1.63. The zero-order valence-corrected chi connectivity index (χ0v) is 15.8. The third-order valence-corrected chi connectivity index (χ3v) is 4.85. The summed E-state index contributed by atoms with van der Waals surface area (Å²) in [5.74, 6) is 0.505. The van der Waals surface area contributed by atoms with E-state index in [4.69, 9.17) is 4.74 Å². The van der Waals surface area contributed by atoms with Crippen LogP contribution in [0.1, 0.15) is 39.1 Å². The van der Waals surface area contributed by atoms with Crippen LogP contribution in [0.4, 0.5) is 0 Å². The predicted molar refractivity (Wildman–Crippen MR) is 105 cm³/mol. The Morgan fingerprint density at radius 2 is 1.96 bits per heavy atom. The van der Waals surface area contributed by atoms with E-state index < -0.39 is 0 Å². The van der Waals surface area contributed by atoms with Gasteiger partial charge < -0.3 is 10.1 Å². The molecule has 4 nitrogen and oxygen atoms in total. The Labute approximate surface area is 157 Å². The molecule has 0 saturated carbocycles. The van der Waals surface area contributed by atoms with Gasteiger partial charge in [0.05, 0.1) is 16.3 Å². The number of carbonyl (C=O) groups excluding carboxylic acids is 1. The summed E-state index contributed by atoms with van der Waals surface area (Å²) in [5.41, 5.74) is 3.62. The summed E-state index contributed by atoms with van der Waals surface area (Å²) < 4.78 is 5.97. The maximum atomic E-state index is 12.2. The molecule has 3 rings (SSSR count). The lowest BCUT2D eigenvalue weighted by Gasteiger charge is -2.13. The molecule has 134 valence electrons. The molecule has 1 aromatic heterocycles. The molecule has 0 spiro atoms. The molecule has 0 fully saturated rings. The van der Waals surface area contributed by atoms with Crippen molar-refractivity contribution >= 4 is 17.2 Å². The number of rotatable bonds is 7. The monoisotopic (exact) mass is 366 g/mol. The second kappa shape index (κ2) is 8.63. The number of nitrogens with zero attached hydrogens (tertiary/aromatic N) is 1. The first kappa shape index (κ1) is 18.1. The van der Waals surface area contributed by atoms with Crippen molar-refractivity contribution in [1.29, 1.82) is 0 Å². The van der Waals surface area contributed by atoms with E-state index in [-0.39, 0.29) is 5.91 Å². The van der Waals surface area contributed by atoms with Crippen molar-refractivity contribution in [3.05, 3.63) is 81.3 Å². The van der Waals surface area contributed by atoms with Crippen molar-refractivity contribution in [1.82, 2.24) is 10.3 Å². The number of thiazole rings is 1. The Hall–Kier alpha value is -2.66. The summed E-state index contributed by atoms with van der Waals surface area (Å²) in [6.07, 6.45) is 0.819. The van der Waals surface area contributed by atoms with Gasteiger partial charge in [-0.2, -0.15) is 0 Å². The maximum absolute atomic E-state index is 12.2. The molecule has 0 saturated heterocycles. The number of ether oxygens (including phenoxy) is 1. The third kappa shape index (κ3) is 4.49. The highest BCUT2D eigenvalue weighted by atomic mass is 32.1. The number of carbonyl (C=O) groups is 1. The van der Waals surface area contributed by atoms with Gasteiger partial charge >= 0.3 is 0 Å². The molecule has 0 aliphatic rings. The molecule has 0 atom stereocenters. The fourth-order valence-corrected chi connectivity index (χ4v) is 3.50. The zero-order valence-electron chi connectivity index (χ0n) is 15.0. The number of hydrogen-bond acceptors (Lipinski definition) is 4. The lowest BCUT2D eigenvalue weighted by atomic mass is 10.1. The summed E-state index contributed by atoms with van der Waals surface area (Å²) in [7, 11) is 0. The molecular weight excluding hydrogens is 344 g/mol. The first-order valence-electron chi connectivity index (χ1n) is 8.65. The van der Waals surface area contributed by atoms with Gasteiger partial charge in [-0.05, 0) is 31.0 Å². The summed E-state index contributed by atoms with van der Waals surface area (Å²) in [5, 5.41) is 5.90. The minimum absolute atomic E-state index is 0.116. The van der Waals surface area contributed by atoms with Crippen LogP contribution in [0.3, 0.4) is 0 Å². The molecule has 26 heavy (non-hydrogen) atoms. The SMILES string of the molecule is CCNC(=O)c1cccc(C)c1OCc1csc(Cc2ccccc2)n1. The fourth-order valence-electron chi connectivity index (χ4n) is 2.69. The average molecular weight is 366 g/mol. The molecule has 3 aromatic rings. The normalized spacial score (nSPS) is 10.5. The van der Waals surface area contributed by atoms with E-state index in [1.54, 1.807) is 17.4 Å². The van der Waals surface area contributed by atoms with Crippen LogP contribution in [-0.4, -0.2) is 17.4 Å². The number of aryl methyl sites for hydroxylation is 1. The molecule has 0 aliphatic heterocycles. The smallest absolute Gasteiger partial charge is 0.255 e. The van der Waals surface area contributed by atoms with Crippen molar-refractivity contribution < 1.29 is 9.53 Å². The van der Waals surface area contributed by atoms with E-state index in [1.165, 1.54) is 5.56 Å². The van der Waals surface area contributed by atoms with Gasteiger partial charge in [-0.25, -0.2) is 4.98 Å². The number of nitrogens with one attached hydrogen (secondary N) is 1. The maximum Gasteiger partial charge on any atom is 0.255 e. The Kier molecular flexibility index (Phi) is 6.02. The van der Waals surface area contributed by atoms with Crippen molar-refractivity contribution in [3.8, 4) is 5.75 Å². The van der Waals surface area contributed by atoms with Crippen LogP contribution in [0.5, 0.6) is 5.75 Å². The number of amides is 1. The number of aromatic nitrogens is 1. The van der Waals surface area contributed by atoms with Crippen LogP contribution in [0.2, 0.25) is 0 Å². The van der Waals surface area contributed by atoms with E-state index in [0.29, 0.717) is 24.5 Å². The minimum Gasteiger partial charge on any atom is -0.486 e. The van der Waals surface area contributed by atoms with Crippen LogP contribution in [0.25, 0.3) is 0 Å². The molecule has 1 N–H and O–H groups in total. The van der Waals surface area contributed by atoms with E-state index in [2.05, 4.69) is 22.4 Å². The molecule has 0 aliphatic carbocycles. The third-order valence-electron chi connectivity index (χ3n) is 3.96. The second-order valence-corrected chi connectivity index (χ2v) is 6.94. The van der Waals surface area contributed by atoms with Gasteiger partial charge in [-0.3, -0.25) is 4.79 Å². The van der Waals surface area contributed by atoms with E-state index in [1.807, 2.05) is 49.6 Å². The van der Waals surface area contributed by atoms with Crippen LogP contribution >= 0.6 is 11.3 Å². The zero-order chi connectivity index (χ0) is 18.4. The van der Waals surface area contributed by atoms with Crippen LogP contribution in [0, 0.1) is 6.92 Å². The van der Waals surface area contributed by atoms with Gasteiger partial charge in [0.15, 0.2) is 0 Å². The van der Waals surface area contributed by atoms with Gasteiger partial charge in [0, 0.05) is 18.3 Å². The standard InChI is InChI=1S/C21H22N2O2S/c1-3-22-21(24)18-11-7-8-15(2)20(18)25-13-17-14-26-19(23-17)12-16-9-5-4-6-10-16/h4-11,14H,3,12-13H2,1-2H3,(H,22,24). The molecule has 0 unspecified atom stereocenters. The van der Waals surface area contributed by atoms with Gasteiger partial charge in [-0.1, -0.05) is 42.5 Å². The van der Waals surface area contributed by atoms with Crippen molar-refractivity contribution in [3.63, 3.8) is 0 Å². The molecule has 1 heterocycles. The molecular formula is C21H22N2O2S. The van der Waals surface area contributed by atoms with Gasteiger partial charge in [0.25, 0.3) is 5.91 Å². The highest BCUT2D eigenvalue weighted by molar-refractivity contribution is 7.09. The van der Waals surface area contributed by atoms with Gasteiger partial charge in [0.2, 0.25) is 0 Å². The quantitative estimate of drug-likeness (QED) is 0.675. The predicted octanol–water partition coefficient (Wildman–Crippen LogP) is 4.37. The van der Waals surface area contributed by atoms with Crippen LogP contribution in [-0.2, 0) is 13.0 Å². The van der Waals surface area contributed by atoms with E-state index in [9.17, 15) is 4.79 Å². The fraction of sp³-hybridized carbons (Fsp3) is 0.238. The molecule has 0 bridgehead atoms. The summed E-state index contributed by atoms with van der Waals surface area (Å²) in [6.45, 7) is 4.78. The van der Waals surface area contributed by atoms with Crippen molar-refractivity contribution in [2.45, 2.75) is 26.9 Å². The molecule has 0 radical (unpaired) electrons. The lowest BCUT2D eigenvalue weighted by Crippen LogP contribution is -2.23. The van der Waals surface area contributed by atoms with E-state index in [0.717, 1.165) is 22.7 Å². The molecule has 5 heteroatoms. The Bertz CT molecular complexity index is 875. The van der Waals surface area contributed by atoms with Crippen LogP contribution in [0.15, 0.2) is 53.9 Å². The van der Waals surface area contributed by atoms with Gasteiger partial charge in [0.1, 0.15) is 12.4 Å². The number of benzene rings is 2. The largest absolute Gasteiger partial charge is 0.486 e. The summed E-state index contributed by atoms with van der Waals surface area (Å²) in [6, 6.07) is 15.9. The van der Waals surface area contributed by atoms with Gasteiger partial charge in [-0.15, -0.1) is 11.3 Å². The highest BCUT2D eigenvalue weighted by Gasteiger charge is 2.14. The van der Waals surface area contributed by atoms with Crippen molar-refractivity contribution in [2.75, 3.05) is 6.54 Å². The van der Waals surface area contributed by atoms with Crippen LogP contribution < -0.4 is 10.1 Å². The average Bonchev–Trinajstić information content (AvgIpc) is 3.09. The van der Waals surface area contributed by atoms with E-state index >= 15 is 0 Å². The second-order valence-electron chi connectivity index (χ2n) is 5.99. The number of para-hydroxylation sites is 1. The first-order chi connectivity index (χ1) is 12.7. The summed E-state index contributed by atoms with van der Waals surface area (Å²) in [4.78, 5) is 16.9. The minimum atomic E-state index is -0.116.